The third-order valence-electron chi connectivity index (χ3n) is 3.43. The molecule has 0 fully saturated rings. The quantitative estimate of drug-likeness (QED) is 0.621. The monoisotopic (exact) mass is 299 g/mol. The highest BCUT2D eigenvalue weighted by Crippen LogP contribution is 2.18. The van der Waals surface area contributed by atoms with Gasteiger partial charge in [0.25, 0.3) is 5.91 Å². The van der Waals surface area contributed by atoms with Gasteiger partial charge in [0, 0.05) is 30.1 Å². The van der Waals surface area contributed by atoms with Gasteiger partial charge in [0.15, 0.2) is 5.69 Å². The highest BCUT2D eigenvalue weighted by atomic mass is 16.5. The third-order valence-corrected chi connectivity index (χ3v) is 3.43. The van der Waals surface area contributed by atoms with Gasteiger partial charge in [-0.2, -0.15) is 5.10 Å². The molecule has 4 N–H and O–H groups in total. The average molecular weight is 299 g/mol. The first kappa shape index (κ1) is 14.1. The van der Waals surface area contributed by atoms with Gasteiger partial charge in [-0.05, 0) is 24.6 Å². The molecule has 3 rings (SSSR count). The first-order valence-electron chi connectivity index (χ1n) is 7.13. The van der Waals surface area contributed by atoms with Crippen molar-refractivity contribution in [1.82, 2.24) is 20.7 Å². The van der Waals surface area contributed by atoms with Crippen LogP contribution in [-0.2, 0) is 12.8 Å². The van der Waals surface area contributed by atoms with Crippen LogP contribution in [0.5, 0.6) is 0 Å². The number of benzene rings is 1. The maximum absolute atomic E-state index is 12.2. The van der Waals surface area contributed by atoms with E-state index in [1.807, 2.05) is 13.0 Å². The van der Waals surface area contributed by atoms with Crippen LogP contribution >= 0.6 is 0 Å². The highest BCUT2D eigenvalue weighted by Gasteiger charge is 2.14. The summed E-state index contributed by atoms with van der Waals surface area (Å²) in [7, 11) is 0. The van der Waals surface area contributed by atoms with Crippen molar-refractivity contribution < 1.29 is 9.32 Å². The van der Waals surface area contributed by atoms with E-state index in [1.54, 1.807) is 18.2 Å². The van der Waals surface area contributed by atoms with Gasteiger partial charge in [0.2, 0.25) is 0 Å². The molecule has 0 spiro atoms. The fourth-order valence-electron chi connectivity index (χ4n) is 2.23. The minimum Gasteiger partial charge on any atom is -0.399 e. The summed E-state index contributed by atoms with van der Waals surface area (Å²) < 4.78 is 5.17. The lowest BCUT2D eigenvalue weighted by Gasteiger charge is -2.01. The molecule has 2 aromatic heterocycles. The molecule has 0 aliphatic heterocycles. The van der Waals surface area contributed by atoms with Crippen LogP contribution in [0.15, 0.2) is 28.8 Å². The number of amides is 1. The molecule has 0 bridgehead atoms. The standard InChI is InChI=1S/C15H17N5O2/c1-2-10-8-11(22-20-10)5-6-17-15(21)14-12-4-3-9(16)7-13(12)18-19-14/h3-4,7-8H,2,5-6,16H2,1H3,(H,17,21)(H,18,19). The second-order valence-electron chi connectivity index (χ2n) is 5.02. The summed E-state index contributed by atoms with van der Waals surface area (Å²) in [6, 6.07) is 7.18. The molecule has 0 saturated carbocycles. The molecule has 0 atom stereocenters. The Morgan fingerprint density at radius 1 is 1.41 bits per heavy atom. The van der Waals surface area contributed by atoms with Crippen LogP contribution in [0.1, 0.15) is 28.9 Å². The van der Waals surface area contributed by atoms with Crippen molar-refractivity contribution in [2.75, 3.05) is 12.3 Å². The molecular formula is C15H17N5O2. The maximum atomic E-state index is 12.2. The molecule has 1 amide bonds. The largest absolute Gasteiger partial charge is 0.399 e. The number of carbonyl (C=O) groups excluding carboxylic acids is 1. The number of nitrogen functional groups attached to an aromatic ring is 1. The van der Waals surface area contributed by atoms with Crippen LogP contribution < -0.4 is 11.1 Å². The van der Waals surface area contributed by atoms with Gasteiger partial charge in [-0.1, -0.05) is 12.1 Å². The Kier molecular flexibility index (Phi) is 3.78. The van der Waals surface area contributed by atoms with E-state index in [1.165, 1.54) is 0 Å². The minimum atomic E-state index is -0.230. The smallest absolute Gasteiger partial charge is 0.272 e. The van der Waals surface area contributed by atoms with E-state index in [9.17, 15) is 4.79 Å². The van der Waals surface area contributed by atoms with Gasteiger partial charge in [-0.25, -0.2) is 0 Å². The summed E-state index contributed by atoms with van der Waals surface area (Å²) in [6.07, 6.45) is 1.42. The zero-order chi connectivity index (χ0) is 15.5. The molecule has 7 nitrogen and oxygen atoms in total. The fraction of sp³-hybridized carbons (Fsp3) is 0.267. The Labute approximate surface area is 126 Å². The molecule has 1 aromatic carbocycles. The van der Waals surface area contributed by atoms with E-state index >= 15 is 0 Å². The highest BCUT2D eigenvalue weighted by molar-refractivity contribution is 6.05. The van der Waals surface area contributed by atoms with Crippen LogP contribution in [-0.4, -0.2) is 27.8 Å². The van der Waals surface area contributed by atoms with Crippen molar-refractivity contribution in [3.05, 3.63) is 41.4 Å². The van der Waals surface area contributed by atoms with Crippen molar-refractivity contribution in [2.45, 2.75) is 19.8 Å². The molecule has 2 heterocycles. The van der Waals surface area contributed by atoms with Crippen LogP contribution in [0.25, 0.3) is 10.9 Å². The number of nitrogens with two attached hydrogens (primary N) is 1. The second kappa shape index (κ2) is 5.88. The molecule has 3 aromatic rings. The molecular weight excluding hydrogens is 282 g/mol. The number of hydrogen-bond acceptors (Lipinski definition) is 5. The Balaban J connectivity index is 1.63. The van der Waals surface area contributed by atoms with Crippen molar-refractivity contribution in [3.63, 3.8) is 0 Å². The first-order valence-corrected chi connectivity index (χ1v) is 7.13. The lowest BCUT2D eigenvalue weighted by atomic mass is 10.2. The number of nitrogens with zero attached hydrogens (tertiary/aromatic N) is 2. The number of fused-ring (bicyclic) bond motifs is 1. The van der Waals surface area contributed by atoms with Gasteiger partial charge >= 0.3 is 0 Å². The molecule has 22 heavy (non-hydrogen) atoms. The van der Waals surface area contributed by atoms with E-state index in [2.05, 4.69) is 20.7 Å². The van der Waals surface area contributed by atoms with E-state index in [-0.39, 0.29) is 5.91 Å². The maximum Gasteiger partial charge on any atom is 0.272 e. The molecule has 0 radical (unpaired) electrons. The lowest BCUT2D eigenvalue weighted by Crippen LogP contribution is -2.26. The average Bonchev–Trinajstić information content (AvgIpc) is 3.13. The molecule has 0 saturated heterocycles. The first-order chi connectivity index (χ1) is 10.7. The minimum absolute atomic E-state index is 0.230. The Bertz CT molecular complexity index is 805. The number of hydrogen-bond donors (Lipinski definition) is 3. The van der Waals surface area contributed by atoms with E-state index in [0.29, 0.717) is 24.3 Å². The molecule has 0 unspecified atom stereocenters. The number of aromatic amines is 1. The van der Waals surface area contributed by atoms with Gasteiger partial charge in [-0.15, -0.1) is 0 Å². The normalized spacial score (nSPS) is 11.0. The van der Waals surface area contributed by atoms with Gasteiger partial charge < -0.3 is 15.6 Å². The van der Waals surface area contributed by atoms with Crippen LogP contribution in [0, 0.1) is 0 Å². The Morgan fingerprint density at radius 3 is 3.05 bits per heavy atom. The number of H-pyrrole nitrogens is 1. The van der Waals surface area contributed by atoms with Gasteiger partial charge in [0.1, 0.15) is 5.76 Å². The van der Waals surface area contributed by atoms with Crippen molar-refractivity contribution >= 4 is 22.5 Å². The number of nitrogens with one attached hydrogen (secondary N) is 2. The summed E-state index contributed by atoms with van der Waals surface area (Å²) in [6.45, 7) is 2.47. The number of rotatable bonds is 5. The predicted octanol–water partition coefficient (Wildman–Crippen LogP) is 1.67. The SMILES string of the molecule is CCc1cc(CCNC(=O)c2n[nH]c3cc(N)ccc23)on1. The zero-order valence-corrected chi connectivity index (χ0v) is 12.2. The summed E-state index contributed by atoms with van der Waals surface area (Å²) in [5, 5.41) is 14.4. The van der Waals surface area contributed by atoms with Crippen molar-refractivity contribution in [2.24, 2.45) is 0 Å². The summed E-state index contributed by atoms with van der Waals surface area (Å²) in [5.74, 6) is 0.531. The number of anilines is 1. The second-order valence-corrected chi connectivity index (χ2v) is 5.02. The van der Waals surface area contributed by atoms with Crippen LogP contribution in [0.2, 0.25) is 0 Å². The summed E-state index contributed by atoms with van der Waals surface area (Å²) in [5.41, 5.74) is 8.35. The summed E-state index contributed by atoms with van der Waals surface area (Å²) in [4.78, 5) is 12.2. The van der Waals surface area contributed by atoms with Crippen LogP contribution in [0.3, 0.4) is 0 Å². The molecule has 0 aliphatic carbocycles. The number of aromatic nitrogens is 3. The Hall–Kier alpha value is -2.83. The summed E-state index contributed by atoms with van der Waals surface area (Å²) >= 11 is 0. The van der Waals surface area contributed by atoms with E-state index < -0.39 is 0 Å². The topological polar surface area (TPSA) is 110 Å². The van der Waals surface area contributed by atoms with Gasteiger partial charge in [0.05, 0.1) is 11.2 Å². The zero-order valence-electron chi connectivity index (χ0n) is 12.2. The van der Waals surface area contributed by atoms with E-state index in [0.717, 1.165) is 28.8 Å². The Morgan fingerprint density at radius 2 is 2.27 bits per heavy atom. The third kappa shape index (κ3) is 2.78. The molecule has 0 aliphatic rings. The van der Waals surface area contributed by atoms with Crippen LogP contribution in [0.4, 0.5) is 5.69 Å². The number of carbonyl (C=O) groups is 1. The van der Waals surface area contributed by atoms with Gasteiger partial charge in [-0.3, -0.25) is 9.89 Å². The molecule has 114 valence electrons. The van der Waals surface area contributed by atoms with Crippen molar-refractivity contribution in [1.29, 1.82) is 0 Å². The molecule has 7 heteroatoms. The predicted molar refractivity (Wildman–Crippen MR) is 82.4 cm³/mol. The van der Waals surface area contributed by atoms with E-state index in [4.69, 9.17) is 10.3 Å². The van der Waals surface area contributed by atoms with Crippen molar-refractivity contribution in [3.8, 4) is 0 Å². The number of aryl methyl sites for hydroxylation is 1. The lowest BCUT2D eigenvalue weighted by molar-refractivity contribution is 0.0950. The fourth-order valence-corrected chi connectivity index (χ4v) is 2.23.